The van der Waals surface area contributed by atoms with E-state index < -0.39 is 0 Å². The van der Waals surface area contributed by atoms with Crippen LogP contribution in [-0.2, 0) is 0 Å². The van der Waals surface area contributed by atoms with Gasteiger partial charge in [0, 0.05) is 27.9 Å². The Morgan fingerprint density at radius 1 is 1.21 bits per heavy atom. The van der Waals surface area contributed by atoms with Crippen LogP contribution in [0.2, 0.25) is 0 Å². The second kappa shape index (κ2) is 10.2. The molecular weight excluding hydrogens is 438 g/mol. The maximum atomic E-state index is 13.1. The number of halogens is 1. The second-order valence-corrected chi connectivity index (χ2v) is 8.79. The van der Waals surface area contributed by atoms with Crippen molar-refractivity contribution in [2.24, 2.45) is 0 Å². The zero-order valence-electron chi connectivity index (χ0n) is 16.3. The summed E-state index contributed by atoms with van der Waals surface area (Å²) in [4.78, 5) is 15.1. The Bertz CT molecular complexity index is 797. The number of ether oxygens (including phenoxy) is 2. The van der Waals surface area contributed by atoms with Crippen molar-refractivity contribution in [2.45, 2.75) is 31.6 Å². The fourth-order valence-electron chi connectivity index (χ4n) is 3.24. The third kappa shape index (κ3) is 5.03. The molecule has 0 N–H and O–H groups in total. The van der Waals surface area contributed by atoms with Crippen molar-refractivity contribution in [1.82, 2.24) is 4.90 Å². The summed E-state index contributed by atoms with van der Waals surface area (Å²) in [6, 6.07) is 13.4. The van der Waals surface area contributed by atoms with Gasteiger partial charge in [-0.25, -0.2) is 0 Å². The Labute approximate surface area is 179 Å². The van der Waals surface area contributed by atoms with E-state index in [0.717, 1.165) is 40.3 Å². The number of hydrogen-bond acceptors (Lipinski definition) is 4. The third-order valence-corrected chi connectivity index (χ3v) is 6.46. The Balaban J connectivity index is 1.72. The van der Waals surface area contributed by atoms with Crippen LogP contribution >= 0.6 is 27.7 Å². The van der Waals surface area contributed by atoms with Gasteiger partial charge in [0.2, 0.25) is 0 Å². The number of amides is 1. The van der Waals surface area contributed by atoms with Crippen molar-refractivity contribution in [3.63, 3.8) is 0 Å². The molecule has 1 heterocycles. The van der Waals surface area contributed by atoms with E-state index in [9.17, 15) is 4.79 Å². The number of carbonyl (C=O) groups excluding carboxylic acids is 1. The van der Waals surface area contributed by atoms with Crippen LogP contribution in [0.4, 0.5) is 0 Å². The minimum Gasteiger partial charge on any atom is -0.496 e. The van der Waals surface area contributed by atoms with Crippen molar-refractivity contribution in [2.75, 3.05) is 26.0 Å². The Hall–Kier alpha value is -1.66. The molecule has 1 aliphatic rings. The Kier molecular flexibility index (Phi) is 7.68. The lowest BCUT2D eigenvalue weighted by Crippen LogP contribution is -2.30. The maximum Gasteiger partial charge on any atom is 0.255 e. The number of nitrogens with zero attached hydrogens (tertiary/aromatic N) is 1. The zero-order valence-corrected chi connectivity index (χ0v) is 18.7. The summed E-state index contributed by atoms with van der Waals surface area (Å²) < 4.78 is 12.3. The molecule has 1 saturated heterocycles. The number of unbranched alkanes of at least 4 members (excludes halogenated alkanes) is 2. The molecule has 1 fully saturated rings. The van der Waals surface area contributed by atoms with Crippen molar-refractivity contribution in [3.8, 4) is 11.5 Å². The van der Waals surface area contributed by atoms with Crippen LogP contribution in [0.3, 0.4) is 0 Å². The molecule has 150 valence electrons. The molecule has 1 aliphatic heterocycles. The number of benzene rings is 2. The standard InChI is InChI=1S/C22H26BrNO3S/c1-3-4-5-13-27-18-9-6-16(7-10-18)21(25)24-12-14-28-22(24)19-15-17(23)8-11-20(19)26-2/h6-11,15,22H,3-5,12-14H2,1-2H3. The highest BCUT2D eigenvalue weighted by Crippen LogP contribution is 2.43. The van der Waals surface area contributed by atoms with Gasteiger partial charge in [-0.1, -0.05) is 35.7 Å². The van der Waals surface area contributed by atoms with Crippen LogP contribution in [0.25, 0.3) is 0 Å². The molecule has 6 heteroatoms. The number of thioether (sulfide) groups is 1. The van der Waals surface area contributed by atoms with Gasteiger partial charge < -0.3 is 14.4 Å². The van der Waals surface area contributed by atoms with Crippen LogP contribution in [0.15, 0.2) is 46.9 Å². The molecule has 4 nitrogen and oxygen atoms in total. The summed E-state index contributed by atoms with van der Waals surface area (Å²) >= 11 is 5.29. The average Bonchev–Trinajstić information content (AvgIpc) is 3.21. The summed E-state index contributed by atoms with van der Waals surface area (Å²) in [5, 5.41) is -0.0510. The topological polar surface area (TPSA) is 38.8 Å². The van der Waals surface area contributed by atoms with E-state index in [4.69, 9.17) is 9.47 Å². The fourth-order valence-corrected chi connectivity index (χ4v) is 4.88. The summed E-state index contributed by atoms with van der Waals surface area (Å²) in [5.41, 5.74) is 1.70. The number of carbonyl (C=O) groups is 1. The van der Waals surface area contributed by atoms with Gasteiger partial charge in [0.05, 0.1) is 13.7 Å². The molecule has 3 rings (SSSR count). The van der Waals surface area contributed by atoms with Gasteiger partial charge in [0.15, 0.2) is 0 Å². The first-order chi connectivity index (χ1) is 13.6. The van der Waals surface area contributed by atoms with Gasteiger partial charge in [0.1, 0.15) is 16.9 Å². The highest BCUT2D eigenvalue weighted by molar-refractivity contribution is 9.10. The van der Waals surface area contributed by atoms with Crippen molar-refractivity contribution in [3.05, 3.63) is 58.1 Å². The molecule has 0 aliphatic carbocycles. The summed E-state index contributed by atoms with van der Waals surface area (Å²) in [6.07, 6.45) is 3.40. The van der Waals surface area contributed by atoms with E-state index in [0.29, 0.717) is 12.2 Å². The van der Waals surface area contributed by atoms with E-state index >= 15 is 0 Å². The Morgan fingerprint density at radius 3 is 2.71 bits per heavy atom. The summed E-state index contributed by atoms with van der Waals surface area (Å²) in [7, 11) is 1.66. The SMILES string of the molecule is CCCCCOc1ccc(C(=O)N2CCSC2c2cc(Br)ccc2OC)cc1. The minimum atomic E-state index is -0.0510. The van der Waals surface area contributed by atoms with E-state index in [1.54, 1.807) is 18.9 Å². The smallest absolute Gasteiger partial charge is 0.255 e. The first-order valence-electron chi connectivity index (χ1n) is 9.63. The second-order valence-electron chi connectivity index (χ2n) is 6.69. The highest BCUT2D eigenvalue weighted by atomic mass is 79.9. The summed E-state index contributed by atoms with van der Waals surface area (Å²) in [6.45, 7) is 3.61. The van der Waals surface area contributed by atoms with Gasteiger partial charge in [-0.2, -0.15) is 0 Å². The van der Waals surface area contributed by atoms with Gasteiger partial charge in [0.25, 0.3) is 5.91 Å². The normalized spacial score (nSPS) is 16.2. The predicted octanol–water partition coefficient (Wildman–Crippen LogP) is 5.91. The van der Waals surface area contributed by atoms with Crippen LogP contribution in [0, 0.1) is 0 Å². The van der Waals surface area contributed by atoms with E-state index in [2.05, 4.69) is 22.9 Å². The number of rotatable bonds is 8. The molecule has 2 aromatic rings. The lowest BCUT2D eigenvalue weighted by Gasteiger charge is -2.25. The molecule has 0 aromatic heterocycles. The van der Waals surface area contributed by atoms with Gasteiger partial charge in [-0.15, -0.1) is 11.8 Å². The molecule has 1 unspecified atom stereocenters. The highest BCUT2D eigenvalue weighted by Gasteiger charge is 2.33. The van der Waals surface area contributed by atoms with Crippen molar-refractivity contribution in [1.29, 1.82) is 0 Å². The predicted molar refractivity (Wildman–Crippen MR) is 118 cm³/mol. The van der Waals surface area contributed by atoms with Gasteiger partial charge in [-0.3, -0.25) is 4.79 Å². The minimum absolute atomic E-state index is 0.0366. The van der Waals surface area contributed by atoms with E-state index in [1.807, 2.05) is 47.4 Å². The van der Waals surface area contributed by atoms with Crippen LogP contribution in [0.5, 0.6) is 11.5 Å². The molecule has 0 bridgehead atoms. The molecule has 1 amide bonds. The molecule has 0 radical (unpaired) electrons. The molecule has 1 atom stereocenters. The van der Waals surface area contributed by atoms with Gasteiger partial charge >= 0.3 is 0 Å². The maximum absolute atomic E-state index is 13.1. The van der Waals surface area contributed by atoms with Crippen molar-refractivity contribution < 1.29 is 14.3 Å². The fraction of sp³-hybridized carbons (Fsp3) is 0.409. The van der Waals surface area contributed by atoms with E-state index in [-0.39, 0.29) is 11.3 Å². The quantitative estimate of drug-likeness (QED) is 0.455. The molecule has 28 heavy (non-hydrogen) atoms. The molecule has 0 spiro atoms. The first kappa shape index (κ1) is 21.1. The first-order valence-corrected chi connectivity index (χ1v) is 11.5. The average molecular weight is 464 g/mol. The van der Waals surface area contributed by atoms with Crippen molar-refractivity contribution >= 4 is 33.6 Å². The van der Waals surface area contributed by atoms with Crippen LogP contribution < -0.4 is 9.47 Å². The number of hydrogen-bond donors (Lipinski definition) is 0. The van der Waals surface area contributed by atoms with Crippen LogP contribution in [-0.4, -0.2) is 36.8 Å². The lowest BCUT2D eigenvalue weighted by molar-refractivity contribution is 0.0759. The third-order valence-electron chi connectivity index (χ3n) is 4.73. The Morgan fingerprint density at radius 2 is 2.00 bits per heavy atom. The lowest BCUT2D eigenvalue weighted by atomic mass is 10.1. The van der Waals surface area contributed by atoms with Gasteiger partial charge in [-0.05, 0) is 48.9 Å². The monoisotopic (exact) mass is 463 g/mol. The number of methoxy groups -OCH3 is 1. The largest absolute Gasteiger partial charge is 0.496 e. The zero-order chi connectivity index (χ0) is 19.9. The molecule has 2 aromatic carbocycles. The molecular formula is C22H26BrNO3S. The van der Waals surface area contributed by atoms with Crippen LogP contribution in [0.1, 0.15) is 47.5 Å². The summed E-state index contributed by atoms with van der Waals surface area (Å²) in [5.74, 6) is 2.56. The van der Waals surface area contributed by atoms with E-state index in [1.165, 1.54) is 12.8 Å². The molecule has 0 saturated carbocycles.